The lowest BCUT2D eigenvalue weighted by molar-refractivity contribution is -0.137. The summed E-state index contributed by atoms with van der Waals surface area (Å²) in [5, 5.41) is 15.4. The molecule has 0 atom stereocenters. The maximum Gasteiger partial charge on any atom is 0.416 e. The quantitative estimate of drug-likeness (QED) is 0.290. The molecule has 0 radical (unpaired) electrons. The Kier molecular flexibility index (Phi) is 9.08. The molecule has 0 unspecified atom stereocenters. The summed E-state index contributed by atoms with van der Waals surface area (Å²) in [6, 6.07) is 9.50. The molecule has 1 aromatic carbocycles. The number of amides is 1. The first-order valence-corrected chi connectivity index (χ1v) is 13.2. The van der Waals surface area contributed by atoms with Crippen LogP contribution in [0.15, 0.2) is 48.8 Å². The molecule has 3 heterocycles. The number of carbonyl (C=O) groups is 1. The minimum Gasteiger partial charge on any atom is -0.477 e. The van der Waals surface area contributed by atoms with Crippen LogP contribution in [0.1, 0.15) is 36.5 Å². The third-order valence-corrected chi connectivity index (χ3v) is 7.20. The monoisotopic (exact) mass is 570 g/mol. The van der Waals surface area contributed by atoms with Crippen molar-refractivity contribution < 1.29 is 27.1 Å². The van der Waals surface area contributed by atoms with E-state index in [1.54, 1.807) is 31.0 Å². The van der Waals surface area contributed by atoms with Gasteiger partial charge in [0.2, 0.25) is 11.8 Å². The molecular weight excluding hydrogens is 540 g/mol. The molecule has 0 spiro atoms. The maximum absolute atomic E-state index is 15.6. The lowest BCUT2D eigenvalue weighted by atomic mass is 9.72. The van der Waals surface area contributed by atoms with Gasteiger partial charge in [0.25, 0.3) is 0 Å². The molecule has 12 heteroatoms. The van der Waals surface area contributed by atoms with Crippen LogP contribution in [-0.2, 0) is 16.4 Å². The largest absolute Gasteiger partial charge is 0.477 e. The van der Waals surface area contributed by atoms with Gasteiger partial charge in [0.1, 0.15) is 17.6 Å². The zero-order valence-electron chi connectivity index (χ0n) is 22.7. The standard InChI is InChI=1S/C29H30F4N6O2/c1-3-41-26-22(5-4-10-36-26)25-23(30)16-21(18-38-25)28(27(40)37-12-11-35-2)8-13-39(14-9-28)24-7-6-20(29(31,32)33)15-19(24)17-34/h4-7,10,15-16,18,35H,3,8-9,11-14H2,1-2H3,(H,37,40). The Morgan fingerprint density at radius 1 is 1.17 bits per heavy atom. The molecule has 216 valence electrons. The second-order valence-corrected chi connectivity index (χ2v) is 9.61. The van der Waals surface area contributed by atoms with E-state index in [9.17, 15) is 23.2 Å². The molecule has 0 saturated carbocycles. The van der Waals surface area contributed by atoms with Crippen LogP contribution < -0.4 is 20.3 Å². The van der Waals surface area contributed by atoms with E-state index in [-0.39, 0.29) is 49.0 Å². The fraction of sp³-hybridized carbons (Fsp3) is 0.379. The number of rotatable bonds is 9. The Morgan fingerprint density at radius 3 is 2.56 bits per heavy atom. The normalized spacial score (nSPS) is 14.8. The topological polar surface area (TPSA) is 103 Å². The van der Waals surface area contributed by atoms with Crippen molar-refractivity contribution in [3.05, 3.63) is 71.3 Å². The van der Waals surface area contributed by atoms with Crippen molar-refractivity contribution in [1.82, 2.24) is 20.6 Å². The number of alkyl halides is 3. The van der Waals surface area contributed by atoms with Crippen molar-refractivity contribution in [3.8, 4) is 23.2 Å². The van der Waals surface area contributed by atoms with E-state index in [1.807, 2.05) is 6.07 Å². The number of anilines is 1. The Bertz CT molecular complexity index is 1430. The molecule has 1 fully saturated rings. The van der Waals surface area contributed by atoms with E-state index >= 15 is 4.39 Å². The van der Waals surface area contributed by atoms with Gasteiger partial charge in [0.05, 0.1) is 34.4 Å². The van der Waals surface area contributed by atoms with Crippen LogP contribution in [0.2, 0.25) is 0 Å². The van der Waals surface area contributed by atoms with Crippen LogP contribution in [-0.4, -0.2) is 55.7 Å². The second-order valence-electron chi connectivity index (χ2n) is 9.61. The van der Waals surface area contributed by atoms with Crippen molar-refractivity contribution in [1.29, 1.82) is 5.26 Å². The smallest absolute Gasteiger partial charge is 0.416 e. The zero-order chi connectivity index (χ0) is 29.6. The number of nitrogens with one attached hydrogen (secondary N) is 2. The second kappa shape index (κ2) is 12.5. The number of likely N-dealkylation sites (N-methyl/N-ethyl adjacent to an activating group) is 1. The van der Waals surface area contributed by atoms with Gasteiger partial charge in [-0.1, -0.05) is 0 Å². The summed E-state index contributed by atoms with van der Waals surface area (Å²) in [6.45, 7) is 3.50. The van der Waals surface area contributed by atoms with Crippen LogP contribution in [0.5, 0.6) is 5.88 Å². The molecule has 1 aliphatic heterocycles. The molecule has 1 aliphatic rings. The number of hydrogen-bond donors (Lipinski definition) is 2. The highest BCUT2D eigenvalue weighted by Crippen LogP contribution is 2.40. The van der Waals surface area contributed by atoms with Crippen molar-refractivity contribution in [2.24, 2.45) is 0 Å². The summed E-state index contributed by atoms with van der Waals surface area (Å²) >= 11 is 0. The molecule has 8 nitrogen and oxygen atoms in total. The number of halogens is 4. The van der Waals surface area contributed by atoms with Gasteiger partial charge >= 0.3 is 6.18 Å². The minimum absolute atomic E-state index is 0.0388. The predicted molar refractivity (Wildman–Crippen MR) is 145 cm³/mol. The first-order chi connectivity index (χ1) is 19.6. The lowest BCUT2D eigenvalue weighted by Gasteiger charge is -2.42. The molecule has 41 heavy (non-hydrogen) atoms. The van der Waals surface area contributed by atoms with Gasteiger partial charge in [-0.05, 0) is 68.8 Å². The summed E-state index contributed by atoms with van der Waals surface area (Å²) in [4.78, 5) is 23.9. The van der Waals surface area contributed by atoms with Gasteiger partial charge in [-0.2, -0.15) is 18.4 Å². The van der Waals surface area contributed by atoms with Gasteiger partial charge in [-0.3, -0.25) is 9.78 Å². The van der Waals surface area contributed by atoms with Crippen LogP contribution in [0.4, 0.5) is 23.2 Å². The SMILES string of the molecule is CCOc1ncccc1-c1ncc(C2(C(=O)NCCNC)CCN(c3ccc(C(F)(F)F)cc3C#N)CC2)cc1F. The fourth-order valence-corrected chi connectivity index (χ4v) is 5.04. The fourth-order valence-electron chi connectivity index (χ4n) is 5.04. The third kappa shape index (κ3) is 6.25. The molecule has 3 aromatic rings. The Labute approximate surface area is 235 Å². The Hall–Kier alpha value is -4.24. The number of carbonyl (C=O) groups excluding carboxylic acids is 1. The Balaban J connectivity index is 1.67. The molecule has 4 rings (SSSR count). The summed E-state index contributed by atoms with van der Waals surface area (Å²) in [5.41, 5.74) is -1.00. The van der Waals surface area contributed by atoms with E-state index in [4.69, 9.17) is 4.74 Å². The number of aromatic nitrogens is 2. The van der Waals surface area contributed by atoms with E-state index in [0.29, 0.717) is 36.5 Å². The molecule has 0 bridgehead atoms. The van der Waals surface area contributed by atoms with Gasteiger partial charge < -0.3 is 20.3 Å². The molecule has 2 aromatic heterocycles. The van der Waals surface area contributed by atoms with Crippen molar-refractivity contribution >= 4 is 11.6 Å². The summed E-state index contributed by atoms with van der Waals surface area (Å²) in [6.07, 6.45) is -1.11. The molecule has 0 aliphatic carbocycles. The van der Waals surface area contributed by atoms with Crippen LogP contribution in [0, 0.1) is 17.1 Å². The highest BCUT2D eigenvalue weighted by molar-refractivity contribution is 5.89. The van der Waals surface area contributed by atoms with Crippen LogP contribution >= 0.6 is 0 Å². The highest BCUT2D eigenvalue weighted by atomic mass is 19.4. The number of piperidine rings is 1. The first-order valence-electron chi connectivity index (χ1n) is 13.2. The average Bonchev–Trinajstić information content (AvgIpc) is 2.97. The zero-order valence-corrected chi connectivity index (χ0v) is 22.7. The maximum atomic E-state index is 15.6. The van der Waals surface area contributed by atoms with E-state index in [1.165, 1.54) is 24.5 Å². The van der Waals surface area contributed by atoms with E-state index in [2.05, 4.69) is 20.6 Å². The number of benzene rings is 1. The van der Waals surface area contributed by atoms with E-state index < -0.39 is 23.0 Å². The van der Waals surface area contributed by atoms with E-state index in [0.717, 1.165) is 12.1 Å². The number of pyridine rings is 2. The molecule has 2 N–H and O–H groups in total. The highest BCUT2D eigenvalue weighted by Gasteiger charge is 2.44. The molecular formula is C29H30F4N6O2. The predicted octanol–water partition coefficient (Wildman–Crippen LogP) is 4.45. The molecule has 1 amide bonds. The van der Waals surface area contributed by atoms with Gasteiger partial charge in [-0.25, -0.2) is 9.37 Å². The Morgan fingerprint density at radius 2 is 1.93 bits per heavy atom. The van der Waals surface area contributed by atoms with Gasteiger partial charge in [0.15, 0.2) is 0 Å². The number of ether oxygens (including phenoxy) is 1. The average molecular weight is 571 g/mol. The summed E-state index contributed by atoms with van der Waals surface area (Å²) in [7, 11) is 1.75. The summed E-state index contributed by atoms with van der Waals surface area (Å²) in [5.74, 6) is -0.701. The van der Waals surface area contributed by atoms with Crippen molar-refractivity contribution in [2.45, 2.75) is 31.4 Å². The minimum atomic E-state index is -4.57. The first kappa shape index (κ1) is 29.7. The molecule has 1 saturated heterocycles. The lowest BCUT2D eigenvalue weighted by Crippen LogP contribution is -2.52. The van der Waals surface area contributed by atoms with Gasteiger partial charge in [0, 0.05) is 38.6 Å². The van der Waals surface area contributed by atoms with Gasteiger partial charge in [-0.15, -0.1) is 0 Å². The third-order valence-electron chi connectivity index (χ3n) is 7.20. The number of hydrogen-bond acceptors (Lipinski definition) is 7. The van der Waals surface area contributed by atoms with Crippen LogP contribution in [0.25, 0.3) is 11.3 Å². The van der Waals surface area contributed by atoms with Crippen LogP contribution in [0.3, 0.4) is 0 Å². The number of nitrogens with zero attached hydrogens (tertiary/aromatic N) is 4. The number of nitriles is 1. The van der Waals surface area contributed by atoms with Crippen molar-refractivity contribution in [2.75, 3.05) is 44.7 Å². The van der Waals surface area contributed by atoms with Crippen molar-refractivity contribution in [3.63, 3.8) is 0 Å². The summed E-state index contributed by atoms with van der Waals surface area (Å²) < 4.78 is 60.7.